The van der Waals surface area contributed by atoms with Crippen LogP contribution in [0.5, 0.6) is 0 Å². The van der Waals surface area contributed by atoms with E-state index in [1.807, 2.05) is 0 Å². The van der Waals surface area contributed by atoms with Crippen LogP contribution in [-0.4, -0.2) is 15.9 Å². The van der Waals surface area contributed by atoms with Gasteiger partial charge in [0.15, 0.2) is 0 Å². The number of nitrogens with one attached hydrogen (secondary N) is 1. The summed E-state index contributed by atoms with van der Waals surface area (Å²) in [7, 11) is 0. The predicted molar refractivity (Wildman–Crippen MR) is 71.2 cm³/mol. The molecule has 1 N–H and O–H groups in total. The van der Waals surface area contributed by atoms with E-state index in [9.17, 15) is 4.79 Å². The molecule has 18 heavy (non-hydrogen) atoms. The first-order valence-electron chi connectivity index (χ1n) is 5.11. The summed E-state index contributed by atoms with van der Waals surface area (Å²) in [4.78, 5) is 19.9. The van der Waals surface area contributed by atoms with Crippen LogP contribution >= 0.6 is 23.2 Å². The normalized spacial score (nSPS) is 10.2. The molecular formula is C12H9Cl2N3O. The third-order valence-corrected chi connectivity index (χ3v) is 2.89. The van der Waals surface area contributed by atoms with E-state index in [1.54, 1.807) is 25.3 Å². The molecule has 0 aliphatic heterocycles. The summed E-state index contributed by atoms with van der Waals surface area (Å²) in [5, 5.41) is 3.39. The van der Waals surface area contributed by atoms with E-state index < -0.39 is 0 Å². The first-order chi connectivity index (χ1) is 8.58. The Morgan fingerprint density at radius 2 is 2.06 bits per heavy atom. The zero-order valence-electron chi connectivity index (χ0n) is 9.45. The number of aryl methyl sites for hydroxylation is 1. The molecule has 2 aromatic rings. The van der Waals surface area contributed by atoms with E-state index in [0.29, 0.717) is 21.3 Å². The third kappa shape index (κ3) is 2.78. The molecule has 0 unspecified atom stereocenters. The van der Waals surface area contributed by atoms with E-state index in [-0.39, 0.29) is 5.91 Å². The Hall–Kier alpha value is -1.65. The lowest BCUT2D eigenvalue weighted by atomic mass is 10.2. The molecule has 0 aliphatic carbocycles. The summed E-state index contributed by atoms with van der Waals surface area (Å²) < 4.78 is 0. The van der Waals surface area contributed by atoms with Gasteiger partial charge in [0.25, 0.3) is 5.91 Å². The number of carbonyl (C=O) groups is 1. The first kappa shape index (κ1) is 12.8. The zero-order chi connectivity index (χ0) is 13.1. The first-order valence-corrected chi connectivity index (χ1v) is 5.86. The highest BCUT2D eigenvalue weighted by molar-refractivity contribution is 6.35. The number of anilines is 1. The number of rotatable bonds is 2. The van der Waals surface area contributed by atoms with Crippen LogP contribution in [0.1, 0.15) is 16.1 Å². The van der Waals surface area contributed by atoms with Crippen molar-refractivity contribution in [2.24, 2.45) is 0 Å². The summed E-state index contributed by atoms with van der Waals surface area (Å²) in [5.74, 6) is -0.373. The molecule has 4 nitrogen and oxygen atoms in total. The van der Waals surface area contributed by atoms with E-state index >= 15 is 0 Å². The molecule has 92 valence electrons. The van der Waals surface area contributed by atoms with Gasteiger partial charge in [0.1, 0.15) is 0 Å². The van der Waals surface area contributed by atoms with Gasteiger partial charge in [-0.3, -0.25) is 14.8 Å². The Kier molecular flexibility index (Phi) is 3.79. The van der Waals surface area contributed by atoms with Gasteiger partial charge in [-0.1, -0.05) is 23.2 Å². The van der Waals surface area contributed by atoms with E-state index in [2.05, 4.69) is 15.3 Å². The minimum Gasteiger partial charge on any atom is -0.319 e. The topological polar surface area (TPSA) is 54.9 Å². The highest BCUT2D eigenvalue weighted by atomic mass is 35.5. The van der Waals surface area contributed by atoms with Gasteiger partial charge < -0.3 is 5.32 Å². The van der Waals surface area contributed by atoms with E-state index in [1.165, 1.54) is 12.4 Å². The summed E-state index contributed by atoms with van der Waals surface area (Å²) in [6.45, 7) is 1.80. The summed E-state index contributed by atoms with van der Waals surface area (Å²) in [6.07, 6.45) is 4.44. The predicted octanol–water partition coefficient (Wildman–Crippen LogP) is 3.34. The van der Waals surface area contributed by atoms with E-state index in [0.717, 1.165) is 5.69 Å². The van der Waals surface area contributed by atoms with Crippen LogP contribution in [0.2, 0.25) is 10.0 Å². The lowest BCUT2D eigenvalue weighted by Gasteiger charge is -2.07. The molecule has 6 heteroatoms. The van der Waals surface area contributed by atoms with Crippen LogP contribution in [0.15, 0.2) is 30.7 Å². The van der Waals surface area contributed by atoms with Crippen molar-refractivity contribution in [3.8, 4) is 0 Å². The fourth-order valence-corrected chi connectivity index (χ4v) is 1.80. The number of hydrogen-bond donors (Lipinski definition) is 1. The summed E-state index contributed by atoms with van der Waals surface area (Å²) in [6, 6.07) is 3.22. The summed E-state index contributed by atoms with van der Waals surface area (Å²) in [5.41, 5.74) is 1.47. The Balaban J connectivity index is 2.25. The number of aromatic nitrogens is 2. The molecule has 0 radical (unpaired) electrons. The van der Waals surface area contributed by atoms with Crippen LogP contribution < -0.4 is 5.32 Å². The van der Waals surface area contributed by atoms with Crippen molar-refractivity contribution in [1.29, 1.82) is 0 Å². The van der Waals surface area contributed by atoms with Crippen LogP contribution in [0, 0.1) is 6.92 Å². The molecule has 0 atom stereocenters. The smallest absolute Gasteiger partial charge is 0.258 e. The van der Waals surface area contributed by atoms with Gasteiger partial charge in [-0.25, -0.2) is 0 Å². The Labute approximate surface area is 114 Å². The Morgan fingerprint density at radius 1 is 1.28 bits per heavy atom. The number of pyridine rings is 2. The van der Waals surface area contributed by atoms with Crippen LogP contribution in [0.25, 0.3) is 0 Å². The molecule has 0 spiro atoms. The van der Waals surface area contributed by atoms with E-state index in [4.69, 9.17) is 23.2 Å². The van der Waals surface area contributed by atoms with Gasteiger partial charge in [0.05, 0.1) is 27.5 Å². The monoisotopic (exact) mass is 281 g/mol. The van der Waals surface area contributed by atoms with Crippen molar-refractivity contribution in [2.45, 2.75) is 6.92 Å². The molecule has 2 heterocycles. The average Bonchev–Trinajstić information content (AvgIpc) is 2.32. The summed E-state index contributed by atoms with van der Waals surface area (Å²) >= 11 is 11.9. The van der Waals surface area contributed by atoms with Gasteiger partial charge in [-0.05, 0) is 19.1 Å². The van der Waals surface area contributed by atoms with Gasteiger partial charge >= 0.3 is 0 Å². The maximum atomic E-state index is 12.0. The number of halogens is 2. The second-order valence-electron chi connectivity index (χ2n) is 3.62. The molecule has 2 rings (SSSR count). The Morgan fingerprint density at radius 3 is 2.72 bits per heavy atom. The van der Waals surface area contributed by atoms with Crippen LogP contribution in [0.3, 0.4) is 0 Å². The second kappa shape index (κ2) is 5.33. The standard InChI is InChI=1S/C12H9Cl2N3O/c1-7-4-10(14)8(5-16-7)12(18)17-11-6-15-3-2-9(11)13/h2-6H,1H3,(H,17,18). The van der Waals surface area contributed by atoms with Crippen LogP contribution in [0.4, 0.5) is 5.69 Å². The van der Waals surface area contributed by atoms with Crippen molar-refractivity contribution >= 4 is 34.8 Å². The van der Waals surface area contributed by atoms with Crippen molar-refractivity contribution < 1.29 is 4.79 Å². The minimum atomic E-state index is -0.373. The fourth-order valence-electron chi connectivity index (χ4n) is 1.35. The number of carbonyl (C=O) groups excluding carboxylic acids is 1. The SMILES string of the molecule is Cc1cc(Cl)c(C(=O)Nc2cnccc2Cl)cn1. The molecule has 0 fully saturated rings. The lowest BCUT2D eigenvalue weighted by Crippen LogP contribution is -2.13. The highest BCUT2D eigenvalue weighted by Gasteiger charge is 2.12. The number of amides is 1. The molecule has 0 aliphatic rings. The van der Waals surface area contributed by atoms with Gasteiger partial charge in [0, 0.05) is 18.1 Å². The number of nitrogens with zero attached hydrogens (tertiary/aromatic N) is 2. The molecule has 0 saturated heterocycles. The van der Waals surface area contributed by atoms with Crippen molar-refractivity contribution in [2.75, 3.05) is 5.32 Å². The molecular weight excluding hydrogens is 273 g/mol. The maximum absolute atomic E-state index is 12.0. The van der Waals surface area contributed by atoms with Crippen LogP contribution in [-0.2, 0) is 0 Å². The molecule has 1 amide bonds. The van der Waals surface area contributed by atoms with Gasteiger partial charge in [-0.2, -0.15) is 0 Å². The maximum Gasteiger partial charge on any atom is 0.258 e. The van der Waals surface area contributed by atoms with Gasteiger partial charge in [-0.15, -0.1) is 0 Å². The van der Waals surface area contributed by atoms with Gasteiger partial charge in [0.2, 0.25) is 0 Å². The molecule has 2 aromatic heterocycles. The molecule has 0 aromatic carbocycles. The minimum absolute atomic E-state index is 0.294. The average molecular weight is 282 g/mol. The highest BCUT2D eigenvalue weighted by Crippen LogP contribution is 2.22. The van der Waals surface area contributed by atoms with Crippen molar-refractivity contribution in [3.63, 3.8) is 0 Å². The van der Waals surface area contributed by atoms with Crippen molar-refractivity contribution in [3.05, 3.63) is 52.0 Å². The quantitative estimate of drug-likeness (QED) is 0.919. The largest absolute Gasteiger partial charge is 0.319 e. The fraction of sp³-hybridized carbons (Fsp3) is 0.0833. The lowest BCUT2D eigenvalue weighted by molar-refractivity contribution is 0.102. The third-order valence-electron chi connectivity index (χ3n) is 2.25. The zero-order valence-corrected chi connectivity index (χ0v) is 11.0. The van der Waals surface area contributed by atoms with Crippen molar-refractivity contribution in [1.82, 2.24) is 9.97 Å². The Bertz CT molecular complexity index is 602. The second-order valence-corrected chi connectivity index (χ2v) is 4.43. The molecule has 0 bridgehead atoms. The molecule has 0 saturated carbocycles. The number of hydrogen-bond acceptors (Lipinski definition) is 3.